The summed E-state index contributed by atoms with van der Waals surface area (Å²) in [5.74, 6) is 1.47. The number of ether oxygens (including phenoxy) is 1. The lowest BCUT2D eigenvalue weighted by Crippen LogP contribution is -2.48. The van der Waals surface area contributed by atoms with Crippen LogP contribution in [0.3, 0.4) is 0 Å². The van der Waals surface area contributed by atoms with E-state index in [0.717, 1.165) is 57.7 Å². The molecule has 2 saturated heterocycles. The molecule has 0 unspecified atom stereocenters. The normalized spacial score (nSPS) is 21.9. The van der Waals surface area contributed by atoms with E-state index in [9.17, 15) is 4.79 Å². The molecule has 3 aliphatic rings. The molecule has 2 aromatic rings. The minimum Gasteiger partial charge on any atom is -0.487 e. The fourth-order valence-corrected chi connectivity index (χ4v) is 5.66. The van der Waals surface area contributed by atoms with Crippen molar-refractivity contribution in [1.82, 2.24) is 14.8 Å². The number of hydrogen-bond acceptors (Lipinski definition) is 5. The maximum absolute atomic E-state index is 12.8. The molecule has 0 radical (unpaired) electrons. The second-order valence-electron chi connectivity index (χ2n) is 10.4. The van der Waals surface area contributed by atoms with Crippen molar-refractivity contribution in [2.24, 2.45) is 5.41 Å². The van der Waals surface area contributed by atoms with Crippen LogP contribution in [0.4, 0.5) is 5.82 Å². The quantitative estimate of drug-likeness (QED) is 0.793. The van der Waals surface area contributed by atoms with E-state index in [-0.39, 0.29) is 11.5 Å². The third-order valence-corrected chi connectivity index (χ3v) is 7.63. The van der Waals surface area contributed by atoms with Crippen molar-refractivity contribution in [3.63, 3.8) is 0 Å². The topological polar surface area (TPSA) is 71.7 Å². The first-order chi connectivity index (χ1) is 15.3. The van der Waals surface area contributed by atoms with Crippen molar-refractivity contribution in [3.05, 3.63) is 53.2 Å². The Bertz CT molecular complexity index is 1000. The highest BCUT2D eigenvalue weighted by Crippen LogP contribution is 2.42. The van der Waals surface area contributed by atoms with Crippen LogP contribution < -0.4 is 10.5 Å². The standard InChI is InChI=1S/C26H34N4O2/c1-25(2)17-20-19(5-3-7-22(20)32-25)18-29-13-9-26(10-14-29)11-15-30(16-12-26)24(31)21-6-4-8-23(27)28-21/h3-8H,9-18H2,1-2H3,(H2,27,28). The molecule has 2 fully saturated rings. The van der Waals surface area contributed by atoms with Gasteiger partial charge in [-0.15, -0.1) is 0 Å². The minimum absolute atomic E-state index is 0.00709. The number of nitrogens with two attached hydrogens (primary N) is 1. The number of benzene rings is 1. The number of pyridine rings is 1. The van der Waals surface area contributed by atoms with Gasteiger partial charge < -0.3 is 15.4 Å². The lowest BCUT2D eigenvalue weighted by Gasteiger charge is -2.47. The monoisotopic (exact) mass is 434 g/mol. The molecule has 0 saturated carbocycles. The molecule has 6 heteroatoms. The van der Waals surface area contributed by atoms with Gasteiger partial charge in [-0.2, -0.15) is 0 Å². The average Bonchev–Trinajstić information content (AvgIpc) is 3.10. The Hall–Kier alpha value is -2.60. The molecule has 1 spiro atoms. The summed E-state index contributed by atoms with van der Waals surface area (Å²) in [6.45, 7) is 9.21. The number of aromatic nitrogens is 1. The molecule has 6 nitrogen and oxygen atoms in total. The largest absolute Gasteiger partial charge is 0.487 e. The number of likely N-dealkylation sites (tertiary alicyclic amines) is 2. The van der Waals surface area contributed by atoms with Gasteiger partial charge in [0.2, 0.25) is 0 Å². The van der Waals surface area contributed by atoms with E-state index < -0.39 is 0 Å². The first kappa shape index (κ1) is 21.3. The highest BCUT2D eigenvalue weighted by atomic mass is 16.5. The maximum Gasteiger partial charge on any atom is 0.272 e. The Morgan fingerprint density at radius 1 is 1.03 bits per heavy atom. The molecule has 3 aliphatic heterocycles. The third-order valence-electron chi connectivity index (χ3n) is 7.63. The van der Waals surface area contributed by atoms with Crippen molar-refractivity contribution in [2.45, 2.75) is 58.1 Å². The summed E-state index contributed by atoms with van der Waals surface area (Å²) >= 11 is 0. The van der Waals surface area contributed by atoms with Crippen LogP contribution in [0.1, 0.15) is 61.1 Å². The second-order valence-corrected chi connectivity index (χ2v) is 10.4. The SMILES string of the molecule is CC1(C)Cc2c(CN3CCC4(CC3)CCN(C(=O)c3cccc(N)n3)CC4)cccc2O1. The number of nitrogens with zero attached hydrogens (tertiary/aromatic N) is 3. The Labute approximate surface area is 190 Å². The van der Waals surface area contributed by atoms with E-state index in [1.807, 2.05) is 4.90 Å². The molecule has 0 aliphatic carbocycles. The Morgan fingerprint density at radius 3 is 2.44 bits per heavy atom. The number of carbonyl (C=O) groups excluding carboxylic acids is 1. The number of carbonyl (C=O) groups is 1. The average molecular weight is 435 g/mol. The molecule has 1 amide bonds. The van der Waals surface area contributed by atoms with Gasteiger partial charge in [0.05, 0.1) is 0 Å². The molecule has 1 aromatic heterocycles. The molecule has 5 rings (SSSR count). The second kappa shape index (κ2) is 8.07. The van der Waals surface area contributed by atoms with E-state index in [0.29, 0.717) is 16.9 Å². The summed E-state index contributed by atoms with van der Waals surface area (Å²) in [6, 6.07) is 11.8. The van der Waals surface area contributed by atoms with Gasteiger partial charge in [-0.3, -0.25) is 9.69 Å². The lowest BCUT2D eigenvalue weighted by atomic mass is 9.71. The minimum atomic E-state index is -0.100. The smallest absolute Gasteiger partial charge is 0.272 e. The van der Waals surface area contributed by atoms with E-state index in [2.05, 4.69) is 41.9 Å². The predicted octanol–water partition coefficient (Wildman–Crippen LogP) is 3.90. The van der Waals surface area contributed by atoms with E-state index >= 15 is 0 Å². The summed E-state index contributed by atoms with van der Waals surface area (Å²) < 4.78 is 6.12. The zero-order valence-electron chi connectivity index (χ0n) is 19.3. The van der Waals surface area contributed by atoms with Gasteiger partial charge in [-0.1, -0.05) is 18.2 Å². The third kappa shape index (κ3) is 4.20. The summed E-state index contributed by atoms with van der Waals surface area (Å²) in [5, 5.41) is 0. The number of nitrogen functional groups attached to an aromatic ring is 1. The number of hydrogen-bond donors (Lipinski definition) is 1. The van der Waals surface area contributed by atoms with Crippen molar-refractivity contribution < 1.29 is 9.53 Å². The van der Waals surface area contributed by atoms with Crippen LogP contribution in [-0.2, 0) is 13.0 Å². The zero-order valence-corrected chi connectivity index (χ0v) is 19.3. The number of rotatable bonds is 3. The van der Waals surface area contributed by atoms with Gasteiger partial charge in [-0.05, 0) is 81.8 Å². The fraction of sp³-hybridized carbons (Fsp3) is 0.538. The highest BCUT2D eigenvalue weighted by molar-refractivity contribution is 5.92. The maximum atomic E-state index is 12.8. The Balaban J connectivity index is 1.16. The van der Waals surface area contributed by atoms with Gasteiger partial charge in [0, 0.05) is 31.6 Å². The molecule has 4 heterocycles. The Kier molecular flexibility index (Phi) is 5.36. The van der Waals surface area contributed by atoms with Gasteiger partial charge in [0.1, 0.15) is 22.9 Å². The number of fused-ring (bicyclic) bond motifs is 1. The number of anilines is 1. The molecule has 170 valence electrons. The van der Waals surface area contributed by atoms with Crippen LogP contribution in [-0.4, -0.2) is 52.5 Å². The van der Waals surface area contributed by atoms with Crippen LogP contribution in [0, 0.1) is 5.41 Å². The molecule has 1 aromatic carbocycles. The summed E-state index contributed by atoms with van der Waals surface area (Å²) in [7, 11) is 0. The van der Waals surface area contributed by atoms with Crippen molar-refractivity contribution >= 4 is 11.7 Å². The molecule has 32 heavy (non-hydrogen) atoms. The molecular formula is C26H34N4O2. The Morgan fingerprint density at radius 2 is 1.72 bits per heavy atom. The molecule has 2 N–H and O–H groups in total. The van der Waals surface area contributed by atoms with Crippen molar-refractivity contribution in [3.8, 4) is 5.75 Å². The van der Waals surface area contributed by atoms with Gasteiger partial charge in [0.15, 0.2) is 0 Å². The van der Waals surface area contributed by atoms with Crippen molar-refractivity contribution in [1.29, 1.82) is 0 Å². The molecule has 0 atom stereocenters. The number of piperidine rings is 2. The summed E-state index contributed by atoms with van der Waals surface area (Å²) in [5.41, 5.74) is 9.29. The van der Waals surface area contributed by atoms with Gasteiger partial charge >= 0.3 is 0 Å². The fourth-order valence-electron chi connectivity index (χ4n) is 5.66. The lowest BCUT2D eigenvalue weighted by molar-refractivity contribution is 0.0282. The van der Waals surface area contributed by atoms with Crippen LogP contribution in [0.5, 0.6) is 5.75 Å². The van der Waals surface area contributed by atoms with Crippen molar-refractivity contribution in [2.75, 3.05) is 31.9 Å². The van der Waals surface area contributed by atoms with Gasteiger partial charge in [-0.25, -0.2) is 4.98 Å². The number of amides is 1. The van der Waals surface area contributed by atoms with Crippen LogP contribution in [0.15, 0.2) is 36.4 Å². The molecule has 0 bridgehead atoms. The van der Waals surface area contributed by atoms with Gasteiger partial charge in [0.25, 0.3) is 5.91 Å². The summed E-state index contributed by atoms with van der Waals surface area (Å²) in [6.07, 6.45) is 5.57. The predicted molar refractivity (Wildman–Crippen MR) is 126 cm³/mol. The van der Waals surface area contributed by atoms with E-state index in [1.165, 1.54) is 24.0 Å². The zero-order chi connectivity index (χ0) is 22.3. The summed E-state index contributed by atoms with van der Waals surface area (Å²) in [4.78, 5) is 21.6. The molecular weight excluding hydrogens is 400 g/mol. The first-order valence-corrected chi connectivity index (χ1v) is 11.9. The van der Waals surface area contributed by atoms with Crippen LogP contribution in [0.25, 0.3) is 0 Å². The van der Waals surface area contributed by atoms with Crippen LogP contribution in [0.2, 0.25) is 0 Å². The van der Waals surface area contributed by atoms with E-state index in [4.69, 9.17) is 10.5 Å². The van der Waals surface area contributed by atoms with Crippen LogP contribution >= 0.6 is 0 Å². The highest BCUT2D eigenvalue weighted by Gasteiger charge is 2.39. The van der Waals surface area contributed by atoms with E-state index in [1.54, 1.807) is 18.2 Å². The first-order valence-electron chi connectivity index (χ1n) is 11.9.